The average Bonchev–Trinajstić information content (AvgIpc) is 2.90. The van der Waals surface area contributed by atoms with Crippen LogP contribution in [0.2, 0.25) is 0 Å². The predicted molar refractivity (Wildman–Crippen MR) is 95.1 cm³/mol. The summed E-state index contributed by atoms with van der Waals surface area (Å²) >= 11 is 0. The zero-order valence-corrected chi connectivity index (χ0v) is 15.4. The Balaban J connectivity index is 1.70. The Hall–Kier alpha value is -1.46. The van der Waals surface area contributed by atoms with Gasteiger partial charge in [0.2, 0.25) is 0 Å². The van der Waals surface area contributed by atoms with Gasteiger partial charge in [-0.05, 0) is 61.5 Å². The van der Waals surface area contributed by atoms with Crippen LogP contribution in [-0.4, -0.2) is 39.3 Å². The Kier molecular flexibility index (Phi) is 3.98. The average molecular weight is 360 g/mol. The van der Waals surface area contributed by atoms with E-state index in [0.717, 1.165) is 24.8 Å². The number of rotatable bonds is 2. The van der Waals surface area contributed by atoms with Crippen LogP contribution in [-0.2, 0) is 9.59 Å². The molecule has 142 valence electrons. The molecule has 8 atom stereocenters. The van der Waals surface area contributed by atoms with E-state index >= 15 is 0 Å². The summed E-state index contributed by atoms with van der Waals surface area (Å²) < 4.78 is 0. The molecule has 5 nitrogen and oxygen atoms in total. The van der Waals surface area contributed by atoms with Crippen molar-refractivity contribution in [2.75, 3.05) is 0 Å². The van der Waals surface area contributed by atoms with Crippen molar-refractivity contribution in [3.05, 3.63) is 23.8 Å². The highest BCUT2D eigenvalue weighted by atomic mass is 16.4. The van der Waals surface area contributed by atoms with Crippen molar-refractivity contribution >= 4 is 11.8 Å². The molecule has 4 aliphatic carbocycles. The Morgan fingerprint density at radius 1 is 1.27 bits per heavy atom. The third-order valence-electron chi connectivity index (χ3n) is 8.20. The smallest absolute Gasteiger partial charge is 0.332 e. The minimum Gasteiger partial charge on any atom is -0.479 e. The number of aliphatic hydroxyl groups excluding tert-OH is 2. The summed E-state index contributed by atoms with van der Waals surface area (Å²) in [6, 6.07) is 0. The predicted octanol–water partition coefficient (Wildman–Crippen LogP) is 2.33. The van der Waals surface area contributed by atoms with Gasteiger partial charge in [0.15, 0.2) is 11.9 Å². The van der Waals surface area contributed by atoms with Gasteiger partial charge in [0.25, 0.3) is 0 Å². The molecular weight excluding hydrogens is 332 g/mol. The number of allylic oxidation sites excluding steroid dienone is 4. The molecule has 0 aromatic heterocycles. The molecule has 0 aliphatic heterocycles. The standard InChI is InChI=1S/C21H28O5/c1-20-8-7-12(22)9-11(20)3-4-13-14-5-6-15(18(24)19(25)26)21(14,2)10-16(23)17(13)20/h7-9,13-18,23-24H,3-6,10H2,1-2H3,(H,25,26)/t13-,14-,15+,16-,17+,18+,20-,21-/m0/s1. The molecule has 5 heteroatoms. The number of carbonyl (C=O) groups excluding carboxylic acids is 1. The SMILES string of the molecule is C[C@]12C[C@H](O)[C@H]3[C@@H](CCC4=CC(=O)C=C[C@@]43C)[C@@H]1CC[C@@H]2[C@@H](O)C(=O)O. The highest BCUT2D eigenvalue weighted by molar-refractivity contribution is 6.01. The summed E-state index contributed by atoms with van der Waals surface area (Å²) in [5.41, 5.74) is 0.458. The van der Waals surface area contributed by atoms with Gasteiger partial charge in [0.1, 0.15) is 0 Å². The number of carboxylic acid groups (broad SMARTS) is 1. The van der Waals surface area contributed by atoms with Crippen molar-refractivity contribution < 1.29 is 24.9 Å². The van der Waals surface area contributed by atoms with E-state index in [9.17, 15) is 24.9 Å². The number of fused-ring (bicyclic) bond motifs is 5. The van der Waals surface area contributed by atoms with Crippen LogP contribution in [0.3, 0.4) is 0 Å². The van der Waals surface area contributed by atoms with Crippen LogP contribution in [0.15, 0.2) is 23.8 Å². The topological polar surface area (TPSA) is 94.8 Å². The van der Waals surface area contributed by atoms with Gasteiger partial charge >= 0.3 is 5.97 Å². The molecule has 4 rings (SSSR count). The van der Waals surface area contributed by atoms with Gasteiger partial charge in [-0.3, -0.25) is 4.79 Å². The maximum Gasteiger partial charge on any atom is 0.332 e. The van der Waals surface area contributed by atoms with Gasteiger partial charge in [-0.15, -0.1) is 0 Å². The minimum atomic E-state index is -1.37. The zero-order chi connectivity index (χ0) is 18.9. The Labute approximate surface area is 153 Å². The first-order chi connectivity index (χ1) is 12.2. The summed E-state index contributed by atoms with van der Waals surface area (Å²) in [7, 11) is 0. The number of hydrogen-bond donors (Lipinski definition) is 3. The maximum absolute atomic E-state index is 11.8. The fourth-order valence-corrected chi connectivity index (χ4v) is 7.05. The maximum atomic E-state index is 11.8. The minimum absolute atomic E-state index is 0.0246. The van der Waals surface area contributed by atoms with Crippen LogP contribution in [0.5, 0.6) is 0 Å². The summed E-state index contributed by atoms with van der Waals surface area (Å²) in [6.07, 6.45) is 7.28. The highest BCUT2D eigenvalue weighted by Crippen LogP contribution is 2.66. The normalized spacial score (nSPS) is 48.2. The first-order valence-electron chi connectivity index (χ1n) is 9.71. The summed E-state index contributed by atoms with van der Waals surface area (Å²) in [5.74, 6) is -0.812. The molecule has 3 fully saturated rings. The van der Waals surface area contributed by atoms with Gasteiger partial charge in [-0.1, -0.05) is 25.5 Å². The van der Waals surface area contributed by atoms with E-state index in [2.05, 4.69) is 13.8 Å². The number of aliphatic hydroxyl groups is 2. The first kappa shape index (κ1) is 17.9. The Bertz CT molecular complexity index is 709. The van der Waals surface area contributed by atoms with Gasteiger partial charge in [0.05, 0.1) is 6.10 Å². The summed E-state index contributed by atoms with van der Waals surface area (Å²) in [5, 5.41) is 30.7. The zero-order valence-electron chi connectivity index (χ0n) is 15.4. The molecule has 0 heterocycles. The second-order valence-corrected chi connectivity index (χ2v) is 9.27. The molecular formula is C21H28O5. The van der Waals surface area contributed by atoms with E-state index in [1.54, 1.807) is 12.2 Å². The second kappa shape index (κ2) is 5.77. The number of hydrogen-bond acceptors (Lipinski definition) is 4. The lowest BCUT2D eigenvalue weighted by molar-refractivity contribution is -0.160. The van der Waals surface area contributed by atoms with E-state index in [1.807, 2.05) is 6.08 Å². The molecule has 26 heavy (non-hydrogen) atoms. The lowest BCUT2D eigenvalue weighted by atomic mass is 9.46. The molecule has 3 saturated carbocycles. The van der Waals surface area contributed by atoms with Crippen molar-refractivity contribution in [1.82, 2.24) is 0 Å². The van der Waals surface area contributed by atoms with E-state index < -0.39 is 18.2 Å². The van der Waals surface area contributed by atoms with Gasteiger partial charge in [-0.2, -0.15) is 0 Å². The van der Waals surface area contributed by atoms with Crippen LogP contribution in [0.4, 0.5) is 0 Å². The quantitative estimate of drug-likeness (QED) is 0.702. The molecule has 0 unspecified atom stereocenters. The van der Waals surface area contributed by atoms with Gasteiger partial charge < -0.3 is 15.3 Å². The lowest BCUT2D eigenvalue weighted by Gasteiger charge is -2.59. The second-order valence-electron chi connectivity index (χ2n) is 9.27. The molecule has 3 N–H and O–H groups in total. The number of ketones is 1. The molecule has 0 saturated heterocycles. The van der Waals surface area contributed by atoms with Crippen LogP contribution in [0.25, 0.3) is 0 Å². The van der Waals surface area contributed by atoms with E-state index in [0.29, 0.717) is 18.8 Å². The molecule has 0 aromatic carbocycles. The number of aliphatic carboxylic acids is 1. The molecule has 0 bridgehead atoms. The monoisotopic (exact) mass is 360 g/mol. The van der Waals surface area contributed by atoms with Crippen LogP contribution in [0, 0.1) is 34.5 Å². The fraction of sp³-hybridized carbons (Fsp3) is 0.714. The van der Waals surface area contributed by atoms with Crippen molar-refractivity contribution in [1.29, 1.82) is 0 Å². The largest absolute Gasteiger partial charge is 0.479 e. The molecule has 0 amide bonds. The van der Waals surface area contributed by atoms with Crippen LogP contribution in [0.1, 0.15) is 46.0 Å². The lowest BCUT2D eigenvalue weighted by Crippen LogP contribution is -2.57. The van der Waals surface area contributed by atoms with Crippen molar-refractivity contribution in [2.45, 2.75) is 58.2 Å². The number of carboxylic acids is 1. The molecule has 0 spiro atoms. The van der Waals surface area contributed by atoms with Gasteiger partial charge in [0, 0.05) is 17.3 Å². The summed E-state index contributed by atoms with van der Waals surface area (Å²) in [6.45, 7) is 4.19. The first-order valence-corrected chi connectivity index (χ1v) is 9.71. The number of carbonyl (C=O) groups is 2. The Morgan fingerprint density at radius 3 is 2.69 bits per heavy atom. The van der Waals surface area contributed by atoms with Gasteiger partial charge in [-0.25, -0.2) is 4.79 Å². The third-order valence-corrected chi connectivity index (χ3v) is 8.20. The van der Waals surface area contributed by atoms with Crippen LogP contribution < -0.4 is 0 Å². The molecule has 0 aromatic rings. The van der Waals surface area contributed by atoms with E-state index in [4.69, 9.17) is 0 Å². The fourth-order valence-electron chi connectivity index (χ4n) is 7.05. The highest BCUT2D eigenvalue weighted by Gasteiger charge is 2.62. The van der Waals surface area contributed by atoms with Crippen molar-refractivity contribution in [2.24, 2.45) is 34.5 Å². The van der Waals surface area contributed by atoms with Crippen molar-refractivity contribution in [3.63, 3.8) is 0 Å². The van der Waals surface area contributed by atoms with Crippen molar-refractivity contribution in [3.8, 4) is 0 Å². The molecule has 0 radical (unpaired) electrons. The molecule has 4 aliphatic rings. The van der Waals surface area contributed by atoms with E-state index in [1.165, 1.54) is 0 Å². The van der Waals surface area contributed by atoms with Crippen LogP contribution >= 0.6 is 0 Å². The third kappa shape index (κ3) is 2.29. The van der Waals surface area contributed by atoms with E-state index in [-0.39, 0.29) is 34.4 Å². The summed E-state index contributed by atoms with van der Waals surface area (Å²) in [4.78, 5) is 23.2. The Morgan fingerprint density at radius 2 is 2.00 bits per heavy atom.